The van der Waals surface area contributed by atoms with E-state index < -0.39 is 0 Å². The highest BCUT2D eigenvalue weighted by atomic mass is 15.0. The Bertz CT molecular complexity index is 211. The van der Waals surface area contributed by atoms with Crippen molar-refractivity contribution in [3.05, 3.63) is 30.3 Å². The Kier molecular flexibility index (Phi) is 3.68. The number of benzene rings is 1. The Hall–Kier alpha value is -0.955. The number of anilines is 1. The van der Waals surface area contributed by atoms with Crippen LogP contribution in [0.2, 0.25) is 0 Å². The van der Waals surface area contributed by atoms with Gasteiger partial charge in [0.15, 0.2) is 7.98 Å². The molecule has 0 saturated carbocycles. The summed E-state index contributed by atoms with van der Waals surface area (Å²) >= 11 is 0. The average Bonchev–Trinajstić information content (AvgIpc) is 2.05. The van der Waals surface area contributed by atoms with E-state index in [1.165, 1.54) is 5.69 Å². The van der Waals surface area contributed by atoms with Crippen LogP contribution >= 0.6 is 0 Å². The van der Waals surface area contributed by atoms with Crippen molar-refractivity contribution < 1.29 is 0 Å². The molecule has 64 valence electrons. The second-order valence-corrected chi connectivity index (χ2v) is 3.10. The van der Waals surface area contributed by atoms with E-state index in [0.717, 1.165) is 13.1 Å². The minimum absolute atomic E-state index is 0.997. The lowest BCUT2D eigenvalue weighted by atomic mass is 10.3. The number of likely N-dealkylation sites (N-methyl/N-ethyl adjacent to an activating group) is 1. The largest absolute Gasteiger partial charge is 0.384 e. The number of rotatable bonds is 4. The van der Waals surface area contributed by atoms with Crippen molar-refractivity contribution in [2.45, 2.75) is 0 Å². The first-order chi connectivity index (χ1) is 5.79. The maximum Gasteiger partial charge on any atom is 0.185 e. The van der Waals surface area contributed by atoms with E-state index in [1.54, 1.807) is 0 Å². The number of hydrogen-bond donors (Lipinski definition) is 1. The van der Waals surface area contributed by atoms with Gasteiger partial charge in [-0.25, -0.2) is 0 Å². The van der Waals surface area contributed by atoms with Gasteiger partial charge in [-0.2, -0.15) is 0 Å². The van der Waals surface area contributed by atoms with E-state index >= 15 is 0 Å². The van der Waals surface area contributed by atoms with Crippen LogP contribution in [-0.4, -0.2) is 32.9 Å². The van der Waals surface area contributed by atoms with Crippen LogP contribution in [-0.2, 0) is 0 Å². The highest BCUT2D eigenvalue weighted by Crippen LogP contribution is 2.03. The first-order valence-electron chi connectivity index (χ1n) is 4.22. The first kappa shape index (κ1) is 9.14. The van der Waals surface area contributed by atoms with Gasteiger partial charge >= 0.3 is 0 Å². The Morgan fingerprint density at radius 2 is 2.00 bits per heavy atom. The van der Waals surface area contributed by atoms with Crippen molar-refractivity contribution in [1.29, 1.82) is 0 Å². The lowest BCUT2D eigenvalue weighted by Crippen LogP contribution is -2.22. The Balaban J connectivity index is 2.25. The van der Waals surface area contributed by atoms with Gasteiger partial charge in [0.05, 0.1) is 0 Å². The molecule has 0 saturated heterocycles. The third-order valence-corrected chi connectivity index (χ3v) is 1.66. The molecule has 1 aromatic rings. The van der Waals surface area contributed by atoms with Crippen LogP contribution in [0.3, 0.4) is 0 Å². The molecule has 0 bridgehead atoms. The van der Waals surface area contributed by atoms with Crippen LogP contribution in [0.15, 0.2) is 30.3 Å². The summed E-state index contributed by atoms with van der Waals surface area (Å²) in [6.45, 7) is 2.06. The van der Waals surface area contributed by atoms with Crippen LogP contribution in [0.5, 0.6) is 0 Å². The molecule has 0 aliphatic rings. The summed E-state index contributed by atoms with van der Waals surface area (Å²) in [6, 6.07) is 10.3. The third-order valence-electron chi connectivity index (χ3n) is 1.66. The molecule has 3 heteroatoms. The molecule has 0 radical (unpaired) electrons. The van der Waals surface area contributed by atoms with E-state index in [0.29, 0.717) is 0 Å². The van der Waals surface area contributed by atoms with Crippen LogP contribution in [0, 0.1) is 0 Å². The summed E-state index contributed by atoms with van der Waals surface area (Å²) in [5.41, 5.74) is 1.19. The summed E-state index contributed by atoms with van der Waals surface area (Å²) in [5, 5.41) is 3.33. The third kappa shape index (κ3) is 3.44. The molecule has 0 aliphatic carbocycles. The lowest BCUT2D eigenvalue weighted by Gasteiger charge is -2.11. The molecule has 0 heterocycles. The molecule has 2 nitrogen and oxygen atoms in total. The van der Waals surface area contributed by atoms with Gasteiger partial charge in [0.2, 0.25) is 0 Å². The molecule has 0 spiro atoms. The zero-order valence-electron chi connectivity index (χ0n) is 7.75. The zero-order chi connectivity index (χ0) is 8.81. The maximum atomic E-state index is 3.33. The quantitative estimate of drug-likeness (QED) is 0.651. The van der Waals surface area contributed by atoms with E-state index in [-0.39, 0.29) is 0 Å². The predicted octanol–water partition coefficient (Wildman–Crippen LogP) is 0.578. The van der Waals surface area contributed by atoms with Gasteiger partial charge in [0.1, 0.15) is 0 Å². The van der Waals surface area contributed by atoms with Gasteiger partial charge < -0.3 is 10.1 Å². The molecule has 1 aromatic carbocycles. The molecule has 0 atom stereocenters. The number of para-hydroxylation sites is 1. The van der Waals surface area contributed by atoms with Crippen LogP contribution in [0.25, 0.3) is 0 Å². The van der Waals surface area contributed by atoms with E-state index in [4.69, 9.17) is 0 Å². The SMILES string of the molecule is BN(C)CCNc1ccccc1. The molecule has 0 aromatic heterocycles. The summed E-state index contributed by atoms with van der Waals surface area (Å²) in [6.07, 6.45) is 0. The van der Waals surface area contributed by atoms with Crippen LogP contribution in [0.1, 0.15) is 0 Å². The summed E-state index contributed by atoms with van der Waals surface area (Å²) in [4.78, 5) is 2.16. The fourth-order valence-corrected chi connectivity index (χ4v) is 0.980. The van der Waals surface area contributed by atoms with Crippen molar-refractivity contribution >= 4 is 13.7 Å². The highest BCUT2D eigenvalue weighted by molar-refractivity contribution is 6.04. The Morgan fingerprint density at radius 1 is 1.33 bits per heavy atom. The van der Waals surface area contributed by atoms with Crippen molar-refractivity contribution in [1.82, 2.24) is 4.81 Å². The molecule has 1 rings (SSSR count). The monoisotopic (exact) mass is 162 g/mol. The molecule has 0 amide bonds. The molecular weight excluding hydrogens is 147 g/mol. The normalized spacial score (nSPS) is 10.2. The van der Waals surface area contributed by atoms with Gasteiger partial charge in [-0.15, -0.1) is 0 Å². The Morgan fingerprint density at radius 3 is 2.58 bits per heavy atom. The summed E-state index contributed by atoms with van der Waals surface area (Å²) in [7, 11) is 4.15. The van der Waals surface area contributed by atoms with Gasteiger partial charge in [0, 0.05) is 18.8 Å². The molecule has 12 heavy (non-hydrogen) atoms. The van der Waals surface area contributed by atoms with Crippen molar-refractivity contribution in [3.8, 4) is 0 Å². The van der Waals surface area contributed by atoms with Gasteiger partial charge in [-0.3, -0.25) is 0 Å². The minimum Gasteiger partial charge on any atom is -0.384 e. The van der Waals surface area contributed by atoms with E-state index in [9.17, 15) is 0 Å². The fourth-order valence-electron chi connectivity index (χ4n) is 0.980. The fraction of sp³-hybridized carbons (Fsp3) is 0.333. The minimum atomic E-state index is 0.997. The smallest absolute Gasteiger partial charge is 0.185 e. The highest BCUT2D eigenvalue weighted by Gasteiger charge is 1.90. The number of nitrogens with zero attached hydrogens (tertiary/aromatic N) is 1. The van der Waals surface area contributed by atoms with Crippen molar-refractivity contribution in [2.24, 2.45) is 0 Å². The zero-order valence-corrected chi connectivity index (χ0v) is 7.75. The molecular formula is C9H15BN2. The summed E-state index contributed by atoms with van der Waals surface area (Å²) in [5.74, 6) is 0. The van der Waals surface area contributed by atoms with Crippen LogP contribution < -0.4 is 5.32 Å². The lowest BCUT2D eigenvalue weighted by molar-refractivity contribution is 0.566. The second-order valence-electron chi connectivity index (χ2n) is 3.10. The van der Waals surface area contributed by atoms with E-state index in [1.807, 2.05) is 18.2 Å². The molecule has 0 aliphatic heterocycles. The summed E-state index contributed by atoms with van der Waals surface area (Å²) < 4.78 is 0. The predicted molar refractivity (Wildman–Crippen MR) is 56.1 cm³/mol. The van der Waals surface area contributed by atoms with Crippen molar-refractivity contribution in [2.75, 3.05) is 25.5 Å². The van der Waals surface area contributed by atoms with Gasteiger partial charge in [-0.05, 0) is 19.2 Å². The standard InChI is InChI=1S/C9H15BN2/c1-12(10)8-7-11-9-5-3-2-4-6-9/h2-6,11H,7-8,10H2,1H3. The second kappa shape index (κ2) is 4.83. The topological polar surface area (TPSA) is 15.3 Å². The number of hydrogen-bond acceptors (Lipinski definition) is 2. The first-order valence-corrected chi connectivity index (χ1v) is 4.22. The van der Waals surface area contributed by atoms with E-state index in [2.05, 4.69) is 37.3 Å². The molecule has 1 N–H and O–H groups in total. The molecule has 0 unspecified atom stereocenters. The molecule has 0 fully saturated rings. The van der Waals surface area contributed by atoms with Crippen molar-refractivity contribution in [3.63, 3.8) is 0 Å². The Labute approximate surface area is 75.0 Å². The van der Waals surface area contributed by atoms with Gasteiger partial charge in [0.25, 0.3) is 0 Å². The van der Waals surface area contributed by atoms with Gasteiger partial charge in [-0.1, -0.05) is 18.2 Å². The average molecular weight is 162 g/mol. The number of nitrogens with one attached hydrogen (secondary N) is 1. The maximum absolute atomic E-state index is 3.33. The van der Waals surface area contributed by atoms with Crippen LogP contribution in [0.4, 0.5) is 5.69 Å².